The third kappa shape index (κ3) is 3.47. The Kier molecular flexibility index (Phi) is 3.87. The van der Waals surface area contributed by atoms with Gasteiger partial charge in [-0.15, -0.1) is 0 Å². The van der Waals surface area contributed by atoms with Crippen molar-refractivity contribution in [3.05, 3.63) is 29.8 Å². The van der Waals surface area contributed by atoms with Gasteiger partial charge in [0.05, 0.1) is 12.1 Å². The van der Waals surface area contributed by atoms with E-state index in [9.17, 15) is 5.11 Å². The summed E-state index contributed by atoms with van der Waals surface area (Å²) in [5.74, 6) is 0.362. The molecule has 0 bridgehead atoms. The van der Waals surface area contributed by atoms with Crippen molar-refractivity contribution in [2.75, 3.05) is 11.9 Å². The van der Waals surface area contributed by atoms with Gasteiger partial charge in [0, 0.05) is 5.69 Å². The van der Waals surface area contributed by atoms with E-state index in [0.717, 1.165) is 31.4 Å². The van der Waals surface area contributed by atoms with Crippen LogP contribution in [0.3, 0.4) is 0 Å². The van der Waals surface area contributed by atoms with E-state index in [1.165, 1.54) is 5.56 Å². The first-order valence-electron chi connectivity index (χ1n) is 6.43. The maximum atomic E-state index is 10.2. The molecule has 0 unspecified atom stereocenters. The molecule has 0 atom stereocenters. The molecule has 1 aromatic carbocycles. The maximum Gasteiger partial charge on any atom is 0.193 e. The molecule has 0 aliphatic heterocycles. The Balaban J connectivity index is 1.93. The van der Waals surface area contributed by atoms with E-state index in [0.29, 0.717) is 12.5 Å². The Bertz CT molecular complexity index is 436. The largest absolute Gasteiger partial charge is 0.388 e. The van der Waals surface area contributed by atoms with Crippen molar-refractivity contribution in [1.29, 1.82) is 0 Å². The summed E-state index contributed by atoms with van der Waals surface area (Å²) >= 11 is 0. The monoisotopic (exact) mass is 247 g/mol. The fraction of sp³-hybridized carbons (Fsp3) is 0.500. The van der Waals surface area contributed by atoms with Crippen LogP contribution in [0, 0.1) is 6.92 Å². The number of hydrogen-bond donors (Lipinski definition) is 3. The molecule has 1 aliphatic rings. The van der Waals surface area contributed by atoms with E-state index < -0.39 is 5.60 Å². The summed E-state index contributed by atoms with van der Waals surface area (Å²) in [4.78, 5) is 4.24. The van der Waals surface area contributed by atoms with Gasteiger partial charge in [-0.3, -0.25) is 4.99 Å². The molecule has 1 aromatic rings. The van der Waals surface area contributed by atoms with Crippen LogP contribution in [0.5, 0.6) is 0 Å². The van der Waals surface area contributed by atoms with Gasteiger partial charge >= 0.3 is 0 Å². The molecule has 2 rings (SSSR count). The summed E-state index contributed by atoms with van der Waals surface area (Å²) in [6, 6.07) is 7.95. The molecule has 98 valence electrons. The van der Waals surface area contributed by atoms with Gasteiger partial charge in [0.15, 0.2) is 5.96 Å². The van der Waals surface area contributed by atoms with Crippen LogP contribution >= 0.6 is 0 Å². The van der Waals surface area contributed by atoms with Crippen molar-refractivity contribution in [1.82, 2.24) is 0 Å². The Hall–Kier alpha value is -1.55. The summed E-state index contributed by atoms with van der Waals surface area (Å²) in [6.07, 6.45) is 3.82. The number of aryl methyl sites for hydroxylation is 1. The first-order chi connectivity index (χ1) is 8.57. The molecule has 0 radical (unpaired) electrons. The predicted molar refractivity (Wildman–Crippen MR) is 74.7 cm³/mol. The smallest absolute Gasteiger partial charge is 0.193 e. The number of anilines is 1. The highest BCUT2D eigenvalue weighted by Crippen LogP contribution is 2.29. The van der Waals surface area contributed by atoms with Crippen molar-refractivity contribution in [2.24, 2.45) is 10.7 Å². The molecule has 0 amide bonds. The highest BCUT2D eigenvalue weighted by Gasteiger charge is 2.30. The fourth-order valence-corrected chi connectivity index (χ4v) is 2.33. The average molecular weight is 247 g/mol. The molecule has 0 heterocycles. The molecule has 1 aliphatic carbocycles. The zero-order valence-electron chi connectivity index (χ0n) is 10.8. The molecule has 4 heteroatoms. The summed E-state index contributed by atoms with van der Waals surface area (Å²) in [7, 11) is 0. The number of nitrogens with one attached hydrogen (secondary N) is 1. The first-order valence-corrected chi connectivity index (χ1v) is 6.43. The SMILES string of the molecule is Cc1cccc(NC(N)=NCC2(O)CCCC2)c1. The van der Waals surface area contributed by atoms with Crippen molar-refractivity contribution in [3.8, 4) is 0 Å². The van der Waals surface area contributed by atoms with E-state index in [-0.39, 0.29) is 0 Å². The van der Waals surface area contributed by atoms with Crippen molar-refractivity contribution >= 4 is 11.6 Å². The van der Waals surface area contributed by atoms with Gasteiger partial charge in [-0.2, -0.15) is 0 Å². The van der Waals surface area contributed by atoms with E-state index in [1.807, 2.05) is 31.2 Å². The Morgan fingerprint density at radius 2 is 2.17 bits per heavy atom. The van der Waals surface area contributed by atoms with Crippen LogP contribution in [0.15, 0.2) is 29.3 Å². The van der Waals surface area contributed by atoms with Crippen LogP contribution in [0.1, 0.15) is 31.2 Å². The second-order valence-corrected chi connectivity index (χ2v) is 5.13. The molecular formula is C14H21N3O. The second kappa shape index (κ2) is 5.40. The summed E-state index contributed by atoms with van der Waals surface area (Å²) in [6.45, 7) is 2.41. The zero-order valence-corrected chi connectivity index (χ0v) is 10.8. The molecule has 0 spiro atoms. The lowest BCUT2D eigenvalue weighted by Crippen LogP contribution is -2.31. The van der Waals surface area contributed by atoms with Gasteiger partial charge in [-0.25, -0.2) is 0 Å². The standard InChI is InChI=1S/C14H21N3O/c1-11-5-4-6-12(9-11)17-13(15)16-10-14(18)7-2-3-8-14/h4-6,9,18H,2-3,7-8,10H2,1H3,(H3,15,16,17). The number of nitrogens with two attached hydrogens (primary N) is 1. The lowest BCUT2D eigenvalue weighted by Gasteiger charge is -2.19. The molecule has 0 aromatic heterocycles. The average Bonchev–Trinajstić information content (AvgIpc) is 2.74. The third-order valence-corrected chi connectivity index (χ3v) is 3.37. The number of rotatable bonds is 3. The Morgan fingerprint density at radius 3 is 2.83 bits per heavy atom. The van der Waals surface area contributed by atoms with Crippen LogP contribution in [0.4, 0.5) is 5.69 Å². The predicted octanol–water partition coefficient (Wildman–Crippen LogP) is 2.03. The van der Waals surface area contributed by atoms with Gasteiger partial charge < -0.3 is 16.2 Å². The Labute approximate surface area is 108 Å². The van der Waals surface area contributed by atoms with E-state index >= 15 is 0 Å². The number of benzene rings is 1. The van der Waals surface area contributed by atoms with Crippen LogP contribution in [0.2, 0.25) is 0 Å². The summed E-state index contributed by atoms with van der Waals surface area (Å²) < 4.78 is 0. The van der Waals surface area contributed by atoms with E-state index in [2.05, 4.69) is 10.3 Å². The molecular weight excluding hydrogens is 226 g/mol. The van der Waals surface area contributed by atoms with Crippen molar-refractivity contribution in [2.45, 2.75) is 38.2 Å². The third-order valence-electron chi connectivity index (χ3n) is 3.37. The highest BCUT2D eigenvalue weighted by molar-refractivity contribution is 5.92. The van der Waals surface area contributed by atoms with Gasteiger partial charge in [0.2, 0.25) is 0 Å². The van der Waals surface area contributed by atoms with Crippen LogP contribution in [-0.2, 0) is 0 Å². The number of aliphatic imine (C=N–C) groups is 1. The minimum Gasteiger partial charge on any atom is -0.388 e. The first kappa shape index (κ1) is 12.9. The van der Waals surface area contributed by atoms with Gasteiger partial charge in [0.1, 0.15) is 0 Å². The molecule has 1 fully saturated rings. The summed E-state index contributed by atoms with van der Waals surface area (Å²) in [5, 5.41) is 13.2. The topological polar surface area (TPSA) is 70.6 Å². The summed E-state index contributed by atoms with van der Waals surface area (Å²) in [5.41, 5.74) is 7.27. The van der Waals surface area contributed by atoms with Gasteiger partial charge in [0.25, 0.3) is 0 Å². The van der Waals surface area contributed by atoms with E-state index in [1.54, 1.807) is 0 Å². The van der Waals surface area contributed by atoms with Gasteiger partial charge in [-0.05, 0) is 37.5 Å². The quantitative estimate of drug-likeness (QED) is 0.565. The number of hydrogen-bond acceptors (Lipinski definition) is 2. The fourth-order valence-electron chi connectivity index (χ4n) is 2.33. The molecule has 1 saturated carbocycles. The normalized spacial score (nSPS) is 18.9. The molecule has 0 saturated heterocycles. The van der Waals surface area contributed by atoms with Crippen LogP contribution in [-0.4, -0.2) is 23.2 Å². The number of nitrogens with zero attached hydrogens (tertiary/aromatic N) is 1. The zero-order chi connectivity index (χ0) is 13.0. The maximum absolute atomic E-state index is 10.2. The minimum absolute atomic E-state index is 0.362. The molecule has 18 heavy (non-hydrogen) atoms. The van der Waals surface area contributed by atoms with Crippen molar-refractivity contribution < 1.29 is 5.11 Å². The molecule has 4 nitrogen and oxygen atoms in total. The number of aliphatic hydroxyl groups is 1. The van der Waals surface area contributed by atoms with Crippen LogP contribution < -0.4 is 11.1 Å². The van der Waals surface area contributed by atoms with Crippen molar-refractivity contribution in [3.63, 3.8) is 0 Å². The molecule has 4 N–H and O–H groups in total. The lowest BCUT2D eigenvalue weighted by molar-refractivity contribution is 0.0575. The number of guanidine groups is 1. The van der Waals surface area contributed by atoms with Gasteiger partial charge in [-0.1, -0.05) is 25.0 Å². The van der Waals surface area contributed by atoms with E-state index in [4.69, 9.17) is 5.73 Å². The Morgan fingerprint density at radius 1 is 1.44 bits per heavy atom. The minimum atomic E-state index is -0.640. The highest BCUT2D eigenvalue weighted by atomic mass is 16.3. The second-order valence-electron chi connectivity index (χ2n) is 5.13. The lowest BCUT2D eigenvalue weighted by atomic mass is 10.0. The van der Waals surface area contributed by atoms with Crippen LogP contribution in [0.25, 0.3) is 0 Å².